The minimum atomic E-state index is -4.21. The molecular weight excluding hydrogens is 536 g/mol. The predicted molar refractivity (Wildman–Crippen MR) is 129 cm³/mol. The van der Waals surface area contributed by atoms with Crippen LogP contribution in [0.15, 0.2) is 46.8 Å². The molecule has 0 aliphatic heterocycles. The number of rotatable bonds is 7. The first kappa shape index (κ1) is 26.9. The van der Waals surface area contributed by atoms with Crippen LogP contribution in [-0.2, 0) is 10.0 Å². The van der Waals surface area contributed by atoms with E-state index in [4.69, 9.17) is 9.84 Å². The van der Waals surface area contributed by atoms with Crippen LogP contribution in [0.4, 0.5) is 23.2 Å². The predicted octanol–water partition coefficient (Wildman–Crippen LogP) is 6.29. The molecule has 0 amide bonds. The molecule has 2 aromatic carbocycles. The number of nitrogens with one attached hydrogen (secondary N) is 1. The number of halogens is 4. The quantitative estimate of drug-likeness (QED) is 0.330. The van der Waals surface area contributed by atoms with Crippen LogP contribution < -0.4 is 9.46 Å². The van der Waals surface area contributed by atoms with Crippen LogP contribution in [0.5, 0.6) is 5.75 Å². The summed E-state index contributed by atoms with van der Waals surface area (Å²) in [4.78, 5) is 15.3. The third-order valence-corrected chi connectivity index (χ3v) is 9.21. The minimum Gasteiger partial charge on any atom is -0.495 e. The van der Waals surface area contributed by atoms with E-state index in [9.17, 15) is 30.8 Å². The third kappa shape index (κ3) is 5.87. The molecule has 0 bridgehead atoms. The summed E-state index contributed by atoms with van der Waals surface area (Å²) in [5.41, 5.74) is 0.615. The molecule has 1 aliphatic carbocycles. The van der Waals surface area contributed by atoms with Gasteiger partial charge in [-0.1, -0.05) is 24.3 Å². The number of aromatic carboxylic acids is 1. The number of carboxylic acid groups (broad SMARTS) is 1. The Morgan fingerprint density at radius 3 is 2.35 bits per heavy atom. The maximum Gasteiger partial charge on any atom is 0.391 e. The normalized spacial score (nSPS) is 18.4. The SMILES string of the molecule is COc1cc(C(=O)O)c(F)cc1NS(=O)(=O)c1cnc(-c2ccc([C@H]3CC[C@@H](C(F)(F)F)CC3)cc2)s1. The van der Waals surface area contributed by atoms with E-state index in [1.165, 1.54) is 7.11 Å². The number of hydrogen-bond acceptors (Lipinski definition) is 6. The lowest BCUT2D eigenvalue weighted by molar-refractivity contribution is -0.182. The molecule has 37 heavy (non-hydrogen) atoms. The van der Waals surface area contributed by atoms with Gasteiger partial charge in [-0.3, -0.25) is 4.72 Å². The van der Waals surface area contributed by atoms with Crippen LogP contribution in [0.25, 0.3) is 10.6 Å². The molecule has 1 heterocycles. The minimum absolute atomic E-state index is 0.0342. The second-order valence-electron chi connectivity index (χ2n) is 8.64. The summed E-state index contributed by atoms with van der Waals surface area (Å²) in [6, 6.07) is 8.74. The Morgan fingerprint density at radius 2 is 1.78 bits per heavy atom. The fourth-order valence-corrected chi connectivity index (χ4v) is 6.53. The lowest BCUT2D eigenvalue weighted by atomic mass is 9.78. The summed E-state index contributed by atoms with van der Waals surface area (Å²) in [7, 11) is -3.02. The first-order chi connectivity index (χ1) is 17.4. The van der Waals surface area contributed by atoms with Crippen LogP contribution in [0, 0.1) is 11.7 Å². The molecule has 3 aromatic rings. The monoisotopic (exact) mass is 558 g/mol. The van der Waals surface area contributed by atoms with Gasteiger partial charge in [-0.05, 0) is 43.2 Å². The number of methoxy groups -OCH3 is 1. The van der Waals surface area contributed by atoms with Crippen molar-refractivity contribution in [1.82, 2.24) is 4.98 Å². The number of hydrogen-bond donors (Lipinski definition) is 2. The topological polar surface area (TPSA) is 106 Å². The summed E-state index contributed by atoms with van der Waals surface area (Å²) in [6.45, 7) is 0. The van der Waals surface area contributed by atoms with Crippen molar-refractivity contribution >= 4 is 33.0 Å². The maximum atomic E-state index is 14.1. The molecular formula is C24H22F4N2O5S2. The van der Waals surface area contributed by atoms with Crippen LogP contribution in [0.1, 0.15) is 47.5 Å². The smallest absolute Gasteiger partial charge is 0.391 e. The standard InChI is InChI=1S/C24H22F4N2O5S2/c1-35-20-10-17(23(31)32)18(25)11-19(20)30-37(33,34)21-12-29-22(36-21)15-4-2-13(3-5-15)14-6-8-16(9-7-14)24(26,27)28/h2-5,10-12,14,16,30H,6-9H2,1H3,(H,31,32)/t14-,16+. The summed E-state index contributed by atoms with van der Waals surface area (Å²) in [5, 5.41) is 9.44. The number of thiazole rings is 1. The molecule has 1 saturated carbocycles. The number of alkyl halides is 3. The highest BCUT2D eigenvalue weighted by atomic mass is 32.2. The van der Waals surface area contributed by atoms with Gasteiger partial charge in [-0.15, -0.1) is 11.3 Å². The van der Waals surface area contributed by atoms with E-state index in [2.05, 4.69) is 9.71 Å². The van der Waals surface area contributed by atoms with Gasteiger partial charge in [0.05, 0.1) is 30.5 Å². The average molecular weight is 559 g/mol. The molecule has 1 aromatic heterocycles. The number of carbonyl (C=O) groups is 1. The number of ether oxygens (including phenoxy) is 1. The fraction of sp³-hybridized carbons (Fsp3) is 0.333. The molecule has 0 saturated heterocycles. The summed E-state index contributed by atoms with van der Waals surface area (Å²) >= 11 is 0.867. The third-order valence-electron chi connectivity index (χ3n) is 6.33. The fourth-order valence-electron chi connectivity index (χ4n) is 4.33. The van der Waals surface area contributed by atoms with Gasteiger partial charge in [0.1, 0.15) is 16.6 Å². The Morgan fingerprint density at radius 1 is 1.14 bits per heavy atom. The van der Waals surface area contributed by atoms with Crippen molar-refractivity contribution in [3.8, 4) is 16.3 Å². The number of carboxylic acids is 1. The lowest BCUT2D eigenvalue weighted by Gasteiger charge is -2.30. The van der Waals surface area contributed by atoms with Gasteiger partial charge in [0.25, 0.3) is 10.0 Å². The van der Waals surface area contributed by atoms with E-state index in [-0.39, 0.29) is 34.4 Å². The van der Waals surface area contributed by atoms with Gasteiger partial charge in [0.2, 0.25) is 0 Å². The molecule has 0 atom stereocenters. The van der Waals surface area contributed by atoms with Crippen molar-refractivity contribution < 1.29 is 40.6 Å². The molecule has 0 radical (unpaired) electrons. The zero-order valence-electron chi connectivity index (χ0n) is 19.4. The number of nitrogens with zero attached hydrogens (tertiary/aromatic N) is 1. The second-order valence-corrected chi connectivity index (χ2v) is 11.6. The van der Waals surface area contributed by atoms with Crippen molar-refractivity contribution in [2.75, 3.05) is 11.8 Å². The molecule has 0 unspecified atom stereocenters. The highest BCUT2D eigenvalue weighted by Crippen LogP contribution is 2.43. The van der Waals surface area contributed by atoms with E-state index in [1.807, 2.05) is 12.1 Å². The van der Waals surface area contributed by atoms with Crippen molar-refractivity contribution in [2.45, 2.75) is 42.0 Å². The van der Waals surface area contributed by atoms with Gasteiger partial charge in [0, 0.05) is 11.6 Å². The van der Waals surface area contributed by atoms with Gasteiger partial charge < -0.3 is 9.84 Å². The Kier molecular flexibility index (Phi) is 7.47. The van der Waals surface area contributed by atoms with E-state index in [0.717, 1.165) is 35.2 Å². The zero-order chi connectivity index (χ0) is 27.0. The molecule has 0 spiro atoms. The Hall–Kier alpha value is -3.19. The van der Waals surface area contributed by atoms with Crippen LogP contribution >= 0.6 is 11.3 Å². The number of anilines is 1. The molecule has 4 rings (SSSR count). The molecule has 7 nitrogen and oxygen atoms in total. The van der Waals surface area contributed by atoms with Crippen LogP contribution in [0.2, 0.25) is 0 Å². The van der Waals surface area contributed by atoms with Crippen LogP contribution in [-0.4, -0.2) is 37.8 Å². The van der Waals surface area contributed by atoms with Crippen molar-refractivity contribution in [1.29, 1.82) is 0 Å². The maximum absolute atomic E-state index is 14.1. The van der Waals surface area contributed by atoms with E-state index in [1.54, 1.807) is 12.1 Å². The number of sulfonamides is 1. The summed E-state index contributed by atoms with van der Waals surface area (Å²) in [6.07, 6.45) is -1.91. The first-order valence-electron chi connectivity index (χ1n) is 11.2. The van der Waals surface area contributed by atoms with Gasteiger partial charge in [-0.25, -0.2) is 22.6 Å². The van der Waals surface area contributed by atoms with Gasteiger partial charge in [-0.2, -0.15) is 13.2 Å². The van der Waals surface area contributed by atoms with E-state index < -0.39 is 39.5 Å². The van der Waals surface area contributed by atoms with E-state index in [0.29, 0.717) is 23.4 Å². The highest BCUT2D eigenvalue weighted by Gasteiger charge is 2.41. The summed E-state index contributed by atoms with van der Waals surface area (Å²) < 4.78 is 85.7. The molecule has 198 valence electrons. The average Bonchev–Trinajstić information content (AvgIpc) is 3.35. The Balaban J connectivity index is 1.49. The molecule has 13 heteroatoms. The van der Waals surface area contributed by atoms with Crippen molar-refractivity contribution in [2.24, 2.45) is 5.92 Å². The molecule has 1 fully saturated rings. The van der Waals surface area contributed by atoms with Crippen molar-refractivity contribution in [3.05, 3.63) is 59.5 Å². The zero-order valence-corrected chi connectivity index (χ0v) is 21.0. The van der Waals surface area contributed by atoms with E-state index >= 15 is 0 Å². The Labute approximate surface area is 214 Å². The molecule has 1 aliphatic rings. The highest BCUT2D eigenvalue weighted by molar-refractivity contribution is 7.94. The second kappa shape index (κ2) is 10.3. The summed E-state index contributed by atoms with van der Waals surface area (Å²) in [5.74, 6) is -4.06. The first-order valence-corrected chi connectivity index (χ1v) is 13.5. The lowest BCUT2D eigenvalue weighted by Crippen LogP contribution is -2.27. The molecule has 2 N–H and O–H groups in total. The number of aromatic nitrogens is 1. The van der Waals surface area contributed by atoms with Gasteiger partial charge in [0.15, 0.2) is 4.21 Å². The van der Waals surface area contributed by atoms with Gasteiger partial charge >= 0.3 is 12.1 Å². The van der Waals surface area contributed by atoms with Crippen LogP contribution in [0.3, 0.4) is 0 Å². The largest absolute Gasteiger partial charge is 0.495 e. The number of benzene rings is 2. The van der Waals surface area contributed by atoms with Crippen molar-refractivity contribution in [3.63, 3.8) is 0 Å². The Bertz CT molecular complexity index is 1400.